The van der Waals surface area contributed by atoms with Gasteiger partial charge in [-0.15, -0.1) is 0 Å². The molecule has 0 radical (unpaired) electrons. The third-order valence-corrected chi connectivity index (χ3v) is 6.01. The molecule has 1 aliphatic heterocycles. The predicted octanol–water partition coefficient (Wildman–Crippen LogP) is 2.79. The van der Waals surface area contributed by atoms with Crippen molar-refractivity contribution in [3.05, 3.63) is 72.3 Å². The van der Waals surface area contributed by atoms with Crippen LogP contribution in [0.1, 0.15) is 28.9 Å². The standard InChI is InChI=1S/C25H30N4O3/c1-32-24-9-5-4-8-22(24)21-7-3-2-6-19(21)17-29-18-26-16-23(29)25(31)28-13-10-20(11-14-28)27-12-15-30/h2-9,16,18,20,27,30H,10-15,17H2,1H3. The maximum Gasteiger partial charge on any atom is 0.272 e. The monoisotopic (exact) mass is 434 g/mol. The molecule has 0 unspecified atom stereocenters. The molecule has 1 amide bonds. The maximum absolute atomic E-state index is 13.2. The molecule has 2 aromatic carbocycles. The second-order valence-corrected chi connectivity index (χ2v) is 8.01. The molecule has 4 rings (SSSR count). The van der Waals surface area contributed by atoms with Gasteiger partial charge in [0.2, 0.25) is 0 Å². The first-order valence-corrected chi connectivity index (χ1v) is 11.1. The van der Waals surface area contributed by atoms with Gasteiger partial charge in [-0.3, -0.25) is 4.79 Å². The number of para-hydroxylation sites is 1. The van der Waals surface area contributed by atoms with Crippen LogP contribution in [0.5, 0.6) is 5.75 Å². The van der Waals surface area contributed by atoms with E-state index in [0.29, 0.717) is 37.9 Å². The smallest absolute Gasteiger partial charge is 0.272 e. The predicted molar refractivity (Wildman–Crippen MR) is 124 cm³/mol. The van der Waals surface area contributed by atoms with Gasteiger partial charge in [0.25, 0.3) is 5.91 Å². The number of aliphatic hydroxyl groups is 1. The minimum atomic E-state index is 0.0119. The first kappa shape index (κ1) is 22.0. The van der Waals surface area contributed by atoms with E-state index in [2.05, 4.69) is 22.4 Å². The number of imidazole rings is 1. The van der Waals surface area contributed by atoms with Gasteiger partial charge < -0.3 is 24.6 Å². The minimum Gasteiger partial charge on any atom is -0.496 e. The summed E-state index contributed by atoms with van der Waals surface area (Å²) >= 11 is 0. The van der Waals surface area contributed by atoms with Gasteiger partial charge in [-0.25, -0.2) is 4.98 Å². The Morgan fingerprint density at radius 3 is 2.59 bits per heavy atom. The Kier molecular flexibility index (Phi) is 7.19. The number of piperidine rings is 1. The summed E-state index contributed by atoms with van der Waals surface area (Å²) in [4.78, 5) is 19.4. The molecular formula is C25H30N4O3. The van der Waals surface area contributed by atoms with E-state index in [1.165, 1.54) is 0 Å². The van der Waals surface area contributed by atoms with Gasteiger partial charge in [0.1, 0.15) is 11.4 Å². The van der Waals surface area contributed by atoms with Crippen molar-refractivity contribution in [3.63, 3.8) is 0 Å². The Labute approximate surface area is 188 Å². The van der Waals surface area contributed by atoms with Crippen molar-refractivity contribution >= 4 is 5.91 Å². The zero-order valence-electron chi connectivity index (χ0n) is 18.4. The topological polar surface area (TPSA) is 79.6 Å². The molecule has 0 saturated carbocycles. The lowest BCUT2D eigenvalue weighted by atomic mass is 9.98. The number of aromatic nitrogens is 2. The van der Waals surface area contributed by atoms with Crippen molar-refractivity contribution in [2.75, 3.05) is 33.4 Å². The molecule has 0 atom stereocenters. The van der Waals surface area contributed by atoms with Crippen LogP contribution in [0.25, 0.3) is 11.1 Å². The number of methoxy groups -OCH3 is 1. The number of nitrogens with one attached hydrogen (secondary N) is 1. The third kappa shape index (κ3) is 4.84. The van der Waals surface area contributed by atoms with Crippen molar-refractivity contribution in [2.45, 2.75) is 25.4 Å². The van der Waals surface area contributed by atoms with E-state index in [-0.39, 0.29) is 12.5 Å². The highest BCUT2D eigenvalue weighted by Gasteiger charge is 2.25. The second kappa shape index (κ2) is 10.4. The molecule has 168 valence electrons. The first-order chi connectivity index (χ1) is 15.7. The molecule has 2 N–H and O–H groups in total. The molecule has 0 aliphatic carbocycles. The van der Waals surface area contributed by atoms with Crippen LogP contribution in [0.3, 0.4) is 0 Å². The van der Waals surface area contributed by atoms with Crippen LogP contribution in [-0.2, 0) is 6.54 Å². The van der Waals surface area contributed by atoms with Crippen LogP contribution in [-0.4, -0.2) is 64.9 Å². The molecule has 3 aromatic rings. The average molecular weight is 435 g/mol. The number of amides is 1. The van der Waals surface area contributed by atoms with E-state index in [9.17, 15) is 4.79 Å². The fraction of sp³-hybridized carbons (Fsp3) is 0.360. The number of hydrogen-bond acceptors (Lipinski definition) is 5. The van der Waals surface area contributed by atoms with Crippen molar-refractivity contribution in [1.82, 2.24) is 19.8 Å². The Bertz CT molecular complexity index is 1040. The molecule has 1 fully saturated rings. The number of likely N-dealkylation sites (tertiary alicyclic amines) is 1. The Hall–Kier alpha value is -3.16. The normalized spacial score (nSPS) is 14.5. The van der Waals surface area contributed by atoms with Gasteiger partial charge in [-0.2, -0.15) is 0 Å². The van der Waals surface area contributed by atoms with Gasteiger partial charge in [-0.05, 0) is 30.0 Å². The van der Waals surface area contributed by atoms with Crippen LogP contribution in [0, 0.1) is 0 Å². The zero-order valence-corrected chi connectivity index (χ0v) is 18.4. The first-order valence-electron chi connectivity index (χ1n) is 11.1. The van der Waals surface area contributed by atoms with E-state index >= 15 is 0 Å². The average Bonchev–Trinajstić information content (AvgIpc) is 3.31. The summed E-state index contributed by atoms with van der Waals surface area (Å²) in [5.41, 5.74) is 3.79. The fourth-order valence-electron chi connectivity index (χ4n) is 4.31. The lowest BCUT2D eigenvalue weighted by Crippen LogP contribution is -2.45. The maximum atomic E-state index is 13.2. The molecule has 1 aliphatic rings. The van der Waals surface area contributed by atoms with Crippen LogP contribution in [0.15, 0.2) is 61.1 Å². The van der Waals surface area contributed by atoms with Gasteiger partial charge in [0.15, 0.2) is 0 Å². The van der Waals surface area contributed by atoms with E-state index in [1.807, 2.05) is 45.9 Å². The van der Waals surface area contributed by atoms with Crippen LogP contribution in [0.4, 0.5) is 0 Å². The summed E-state index contributed by atoms with van der Waals surface area (Å²) in [6, 6.07) is 16.5. The molecule has 0 bridgehead atoms. The van der Waals surface area contributed by atoms with Crippen molar-refractivity contribution < 1.29 is 14.6 Å². The summed E-state index contributed by atoms with van der Waals surface area (Å²) in [6.07, 6.45) is 5.15. The van der Waals surface area contributed by atoms with E-state index < -0.39 is 0 Å². The van der Waals surface area contributed by atoms with Crippen molar-refractivity contribution in [3.8, 4) is 16.9 Å². The van der Waals surface area contributed by atoms with Crippen LogP contribution in [0.2, 0.25) is 0 Å². The highest BCUT2D eigenvalue weighted by atomic mass is 16.5. The summed E-state index contributed by atoms with van der Waals surface area (Å²) in [7, 11) is 1.68. The number of carbonyl (C=O) groups excluding carboxylic acids is 1. The molecule has 7 heteroatoms. The van der Waals surface area contributed by atoms with Crippen molar-refractivity contribution in [1.29, 1.82) is 0 Å². The zero-order chi connectivity index (χ0) is 22.3. The molecule has 1 saturated heterocycles. The fourth-order valence-corrected chi connectivity index (χ4v) is 4.31. The molecular weight excluding hydrogens is 404 g/mol. The molecule has 7 nitrogen and oxygen atoms in total. The summed E-state index contributed by atoms with van der Waals surface area (Å²) < 4.78 is 7.49. The van der Waals surface area contributed by atoms with Crippen LogP contribution >= 0.6 is 0 Å². The number of ether oxygens (including phenoxy) is 1. The van der Waals surface area contributed by atoms with Gasteiger partial charge >= 0.3 is 0 Å². The van der Waals surface area contributed by atoms with Crippen LogP contribution < -0.4 is 10.1 Å². The number of nitrogens with zero attached hydrogens (tertiary/aromatic N) is 3. The lowest BCUT2D eigenvalue weighted by molar-refractivity contribution is 0.0693. The second-order valence-electron chi connectivity index (χ2n) is 8.01. The van der Waals surface area contributed by atoms with E-state index in [1.54, 1.807) is 19.6 Å². The number of rotatable bonds is 8. The number of benzene rings is 2. The highest BCUT2D eigenvalue weighted by molar-refractivity contribution is 5.92. The lowest BCUT2D eigenvalue weighted by Gasteiger charge is -2.32. The summed E-state index contributed by atoms with van der Waals surface area (Å²) in [5.74, 6) is 0.831. The largest absolute Gasteiger partial charge is 0.496 e. The minimum absolute atomic E-state index is 0.0119. The number of aliphatic hydroxyl groups excluding tert-OH is 1. The summed E-state index contributed by atoms with van der Waals surface area (Å²) in [5, 5.41) is 12.3. The number of carbonyl (C=O) groups is 1. The van der Waals surface area contributed by atoms with E-state index in [0.717, 1.165) is 35.3 Å². The highest BCUT2D eigenvalue weighted by Crippen LogP contribution is 2.32. The van der Waals surface area contributed by atoms with Gasteiger partial charge in [-0.1, -0.05) is 42.5 Å². The van der Waals surface area contributed by atoms with Gasteiger partial charge in [0.05, 0.1) is 26.2 Å². The van der Waals surface area contributed by atoms with Gasteiger partial charge in [0, 0.05) is 37.8 Å². The third-order valence-electron chi connectivity index (χ3n) is 6.01. The SMILES string of the molecule is COc1ccccc1-c1ccccc1Cn1cncc1C(=O)N1CCC(NCCO)CC1. The molecule has 0 spiro atoms. The van der Waals surface area contributed by atoms with E-state index in [4.69, 9.17) is 9.84 Å². The Morgan fingerprint density at radius 2 is 1.84 bits per heavy atom. The van der Waals surface area contributed by atoms with Crippen molar-refractivity contribution in [2.24, 2.45) is 0 Å². The number of hydrogen-bond donors (Lipinski definition) is 2. The molecule has 1 aromatic heterocycles. The summed E-state index contributed by atoms with van der Waals surface area (Å²) in [6.45, 7) is 2.67. The molecule has 2 heterocycles. The Morgan fingerprint density at radius 1 is 1.12 bits per heavy atom. The quantitative estimate of drug-likeness (QED) is 0.570. The molecule has 32 heavy (non-hydrogen) atoms. The Balaban J connectivity index is 1.52.